The summed E-state index contributed by atoms with van der Waals surface area (Å²) in [7, 11) is 0. The molecule has 3 aromatic rings. The van der Waals surface area contributed by atoms with Gasteiger partial charge in [0.2, 0.25) is 0 Å². The van der Waals surface area contributed by atoms with E-state index < -0.39 is 6.08 Å². The first-order chi connectivity index (χ1) is 12.0. The van der Waals surface area contributed by atoms with Crippen molar-refractivity contribution in [1.29, 1.82) is 0 Å². The smallest absolute Gasteiger partial charge is 0.270 e. The molecule has 0 atom stereocenters. The fourth-order valence-electron chi connectivity index (χ4n) is 2.68. The third-order valence-corrected chi connectivity index (χ3v) is 4.01. The van der Waals surface area contributed by atoms with Crippen molar-refractivity contribution < 1.29 is 8.78 Å². The molecule has 0 heterocycles. The Morgan fingerprint density at radius 3 is 1.36 bits per heavy atom. The number of rotatable bonds is 4. The molecule has 0 unspecified atom stereocenters. The Hall–Kier alpha value is -2.94. The van der Waals surface area contributed by atoms with Gasteiger partial charge >= 0.3 is 0 Å². The third kappa shape index (κ3) is 4.13. The van der Waals surface area contributed by atoms with Gasteiger partial charge in [-0.3, -0.25) is 0 Å². The van der Waals surface area contributed by atoms with Crippen molar-refractivity contribution >= 4 is 23.1 Å². The molecule has 0 radical (unpaired) electrons. The lowest BCUT2D eigenvalue weighted by molar-refractivity contribution is 0.429. The molecular weight excluding hydrogens is 316 g/mol. The van der Waals surface area contributed by atoms with E-state index in [4.69, 9.17) is 0 Å². The van der Waals surface area contributed by atoms with Gasteiger partial charge in [0.05, 0.1) is 0 Å². The van der Waals surface area contributed by atoms with E-state index >= 15 is 0 Å². The Morgan fingerprint density at radius 1 is 0.640 bits per heavy atom. The number of halogens is 2. The van der Waals surface area contributed by atoms with Crippen molar-refractivity contribution in [3.05, 3.63) is 95.6 Å². The number of hydrogen-bond acceptors (Lipinski definition) is 1. The molecule has 0 saturated carbocycles. The van der Waals surface area contributed by atoms with Crippen LogP contribution in [-0.2, 0) is 0 Å². The van der Waals surface area contributed by atoms with Gasteiger partial charge in [0.1, 0.15) is 0 Å². The maximum absolute atomic E-state index is 12.4. The minimum atomic E-state index is -1.69. The van der Waals surface area contributed by atoms with Crippen LogP contribution in [-0.4, -0.2) is 0 Å². The predicted octanol–water partition coefficient (Wildman–Crippen LogP) is 7.01. The van der Waals surface area contributed by atoms with Gasteiger partial charge in [-0.1, -0.05) is 47.5 Å². The van der Waals surface area contributed by atoms with Crippen molar-refractivity contribution in [2.45, 2.75) is 13.8 Å². The first kappa shape index (κ1) is 16.9. The Morgan fingerprint density at radius 2 is 1.00 bits per heavy atom. The number of benzene rings is 3. The van der Waals surface area contributed by atoms with Crippen LogP contribution in [0.4, 0.5) is 25.8 Å². The summed E-state index contributed by atoms with van der Waals surface area (Å²) >= 11 is 0. The van der Waals surface area contributed by atoms with Gasteiger partial charge in [-0.05, 0) is 55.8 Å². The normalized spacial score (nSPS) is 10.4. The molecule has 0 fully saturated rings. The van der Waals surface area contributed by atoms with Crippen LogP contribution in [0.2, 0.25) is 0 Å². The Bertz CT molecular complexity index is 814. The van der Waals surface area contributed by atoms with E-state index in [2.05, 4.69) is 53.4 Å². The summed E-state index contributed by atoms with van der Waals surface area (Å²) in [6, 6.07) is 23.6. The summed E-state index contributed by atoms with van der Waals surface area (Å²) in [6.45, 7) is 4.10. The van der Waals surface area contributed by atoms with Crippen LogP contribution in [0.5, 0.6) is 0 Å². The average Bonchev–Trinajstić information content (AvgIpc) is 2.59. The highest BCUT2D eigenvalue weighted by Crippen LogP contribution is 2.34. The first-order valence-electron chi connectivity index (χ1n) is 8.09. The quantitative estimate of drug-likeness (QED) is 0.495. The minimum absolute atomic E-state index is 0.483. The van der Waals surface area contributed by atoms with Gasteiger partial charge in [0.25, 0.3) is 6.08 Å². The number of hydrogen-bond donors (Lipinski definition) is 0. The lowest BCUT2D eigenvalue weighted by Gasteiger charge is -2.25. The highest BCUT2D eigenvalue weighted by atomic mass is 19.3. The summed E-state index contributed by atoms with van der Waals surface area (Å²) in [5, 5.41) is 0. The minimum Gasteiger partial charge on any atom is -0.311 e. The van der Waals surface area contributed by atoms with Gasteiger partial charge in [-0.2, -0.15) is 8.78 Å². The van der Waals surface area contributed by atoms with Crippen molar-refractivity contribution in [2.75, 3.05) is 4.90 Å². The Kier molecular flexibility index (Phi) is 4.94. The maximum atomic E-state index is 12.4. The molecule has 0 aliphatic carbocycles. The predicted molar refractivity (Wildman–Crippen MR) is 101 cm³/mol. The standard InChI is InChI=1S/C22H19F2N/c1-16-3-9-19(10-4-16)25(20-11-5-17(2)6-12-20)21-13-7-18(8-14-21)15-22(23)24/h3-15H,1-2H3. The highest BCUT2D eigenvalue weighted by molar-refractivity contribution is 5.77. The SMILES string of the molecule is Cc1ccc(N(c2ccc(C)cc2)c2ccc(C=C(F)F)cc2)cc1. The van der Waals surface area contributed by atoms with E-state index in [0.29, 0.717) is 5.56 Å². The molecule has 0 aliphatic rings. The summed E-state index contributed by atoms with van der Waals surface area (Å²) in [5.41, 5.74) is 5.82. The topological polar surface area (TPSA) is 3.24 Å². The molecule has 0 N–H and O–H groups in total. The molecule has 3 heteroatoms. The number of aryl methyl sites for hydroxylation is 2. The molecule has 3 aromatic carbocycles. The monoisotopic (exact) mass is 335 g/mol. The van der Waals surface area contributed by atoms with Gasteiger partial charge in [-0.25, -0.2) is 0 Å². The molecule has 0 aromatic heterocycles. The Labute approximate surface area is 146 Å². The zero-order chi connectivity index (χ0) is 17.8. The van der Waals surface area contributed by atoms with Gasteiger partial charge in [0.15, 0.2) is 0 Å². The molecule has 0 saturated heterocycles. The summed E-state index contributed by atoms with van der Waals surface area (Å²) < 4.78 is 24.9. The van der Waals surface area contributed by atoms with E-state index in [9.17, 15) is 8.78 Å². The zero-order valence-corrected chi connectivity index (χ0v) is 14.2. The van der Waals surface area contributed by atoms with E-state index in [1.165, 1.54) is 11.1 Å². The molecule has 0 aliphatic heterocycles. The van der Waals surface area contributed by atoms with Crippen LogP contribution < -0.4 is 4.90 Å². The molecule has 3 rings (SSSR count). The van der Waals surface area contributed by atoms with Crippen LogP contribution in [0.3, 0.4) is 0 Å². The van der Waals surface area contributed by atoms with E-state index in [1.807, 2.05) is 26.0 Å². The summed E-state index contributed by atoms with van der Waals surface area (Å²) in [4.78, 5) is 2.11. The molecule has 0 bridgehead atoms. The Balaban J connectivity index is 2.05. The van der Waals surface area contributed by atoms with Gasteiger partial charge in [0, 0.05) is 23.1 Å². The van der Waals surface area contributed by atoms with Gasteiger partial charge in [-0.15, -0.1) is 0 Å². The highest BCUT2D eigenvalue weighted by Gasteiger charge is 2.12. The fourth-order valence-corrected chi connectivity index (χ4v) is 2.68. The molecular formula is C22H19F2N. The first-order valence-corrected chi connectivity index (χ1v) is 8.09. The van der Waals surface area contributed by atoms with E-state index in [0.717, 1.165) is 23.1 Å². The number of anilines is 3. The molecule has 1 nitrogen and oxygen atoms in total. The molecule has 126 valence electrons. The van der Waals surface area contributed by atoms with Crippen LogP contribution in [0, 0.1) is 13.8 Å². The largest absolute Gasteiger partial charge is 0.311 e. The van der Waals surface area contributed by atoms with Crippen molar-refractivity contribution in [3.8, 4) is 0 Å². The second-order valence-electron chi connectivity index (χ2n) is 6.03. The van der Waals surface area contributed by atoms with Crippen molar-refractivity contribution in [1.82, 2.24) is 0 Å². The second-order valence-corrected chi connectivity index (χ2v) is 6.03. The summed E-state index contributed by atoms with van der Waals surface area (Å²) in [5.74, 6) is 0. The lowest BCUT2D eigenvalue weighted by atomic mass is 10.1. The summed E-state index contributed by atoms with van der Waals surface area (Å²) in [6.07, 6.45) is -0.826. The zero-order valence-electron chi connectivity index (χ0n) is 14.2. The van der Waals surface area contributed by atoms with Crippen LogP contribution in [0.15, 0.2) is 78.9 Å². The van der Waals surface area contributed by atoms with Crippen LogP contribution in [0.25, 0.3) is 6.08 Å². The molecule has 0 amide bonds. The third-order valence-electron chi connectivity index (χ3n) is 4.01. The van der Waals surface area contributed by atoms with E-state index in [1.54, 1.807) is 12.1 Å². The van der Waals surface area contributed by atoms with E-state index in [-0.39, 0.29) is 0 Å². The lowest BCUT2D eigenvalue weighted by Crippen LogP contribution is -2.09. The molecule has 25 heavy (non-hydrogen) atoms. The number of nitrogens with zero attached hydrogens (tertiary/aromatic N) is 1. The maximum Gasteiger partial charge on any atom is 0.270 e. The second kappa shape index (κ2) is 7.31. The van der Waals surface area contributed by atoms with Crippen molar-refractivity contribution in [2.24, 2.45) is 0 Å². The average molecular weight is 335 g/mol. The van der Waals surface area contributed by atoms with Crippen LogP contribution >= 0.6 is 0 Å². The van der Waals surface area contributed by atoms with Crippen LogP contribution in [0.1, 0.15) is 16.7 Å². The fraction of sp³-hybridized carbons (Fsp3) is 0.0909. The van der Waals surface area contributed by atoms with Crippen molar-refractivity contribution in [3.63, 3.8) is 0 Å². The van der Waals surface area contributed by atoms with Gasteiger partial charge < -0.3 is 4.90 Å². The molecule has 0 spiro atoms.